The second kappa shape index (κ2) is 8.68. The zero-order valence-electron chi connectivity index (χ0n) is 17.6. The molecule has 0 aliphatic carbocycles. The van der Waals surface area contributed by atoms with Gasteiger partial charge in [0.25, 0.3) is 5.69 Å². The van der Waals surface area contributed by atoms with Crippen LogP contribution in [0.1, 0.15) is 33.6 Å². The number of sulfonamides is 1. The van der Waals surface area contributed by atoms with Gasteiger partial charge in [0.2, 0.25) is 10.0 Å². The summed E-state index contributed by atoms with van der Waals surface area (Å²) in [6, 6.07) is 3.56. The molecule has 0 unspecified atom stereocenters. The molecule has 1 heterocycles. The fourth-order valence-corrected chi connectivity index (χ4v) is 4.75. The topological polar surface area (TPSA) is 134 Å². The van der Waals surface area contributed by atoms with Crippen LogP contribution in [0, 0.1) is 10.1 Å². The number of nitrogens with zero attached hydrogens (tertiary/aromatic N) is 1. The molecular weight excluding hydrogens is 414 g/mol. The molecule has 9 nitrogen and oxygen atoms in total. The molecule has 0 spiro atoms. The summed E-state index contributed by atoms with van der Waals surface area (Å²) in [4.78, 5) is 10.4. The highest BCUT2D eigenvalue weighted by Crippen LogP contribution is 2.38. The average Bonchev–Trinajstić information content (AvgIpc) is 2.58. The molecule has 1 aromatic rings. The Morgan fingerprint density at radius 1 is 1.34 bits per heavy atom. The third-order valence-corrected chi connectivity index (χ3v) is 11.1. The summed E-state index contributed by atoms with van der Waals surface area (Å²) in [5.74, 6) is 0. The zero-order valence-corrected chi connectivity index (χ0v) is 19.4. The van der Waals surface area contributed by atoms with Crippen LogP contribution in [0.5, 0.6) is 0 Å². The highest BCUT2D eigenvalue weighted by molar-refractivity contribution is 7.89. The van der Waals surface area contributed by atoms with Crippen molar-refractivity contribution in [2.45, 2.75) is 68.8 Å². The standard InChI is InChI=1S/C18H31N3O6SSi/c1-18(2,3)29(4,5)27-14-7-6-13(26-12-14)11-20-16-9-8-15(28(19,24)25)10-17(16)21(22)23/h8-10,13-14,20H,6-7,11-12H2,1-5H3,(H2,19,24,25)/t13-,14+/m0/s1. The lowest BCUT2D eigenvalue weighted by molar-refractivity contribution is -0.384. The number of rotatable bonds is 7. The molecule has 0 aromatic heterocycles. The van der Waals surface area contributed by atoms with Crippen molar-refractivity contribution >= 4 is 29.7 Å². The Morgan fingerprint density at radius 3 is 2.48 bits per heavy atom. The van der Waals surface area contributed by atoms with Crippen molar-refractivity contribution in [3.63, 3.8) is 0 Å². The molecule has 1 aliphatic heterocycles. The first-order valence-electron chi connectivity index (χ1n) is 9.55. The maximum absolute atomic E-state index is 11.4. The van der Waals surface area contributed by atoms with Crippen LogP contribution >= 0.6 is 0 Å². The molecule has 0 radical (unpaired) electrons. The van der Waals surface area contributed by atoms with Gasteiger partial charge < -0.3 is 14.5 Å². The predicted molar refractivity (Wildman–Crippen MR) is 114 cm³/mol. The molecule has 0 saturated carbocycles. The van der Waals surface area contributed by atoms with E-state index in [-0.39, 0.29) is 33.5 Å². The Kier molecular flexibility index (Phi) is 7.11. The molecule has 0 bridgehead atoms. The van der Waals surface area contributed by atoms with E-state index in [0.717, 1.165) is 18.9 Å². The molecule has 11 heteroatoms. The summed E-state index contributed by atoms with van der Waals surface area (Å²) >= 11 is 0. The van der Waals surface area contributed by atoms with Crippen LogP contribution in [0.15, 0.2) is 23.1 Å². The molecule has 0 amide bonds. The molecule has 164 valence electrons. The van der Waals surface area contributed by atoms with Crippen molar-refractivity contribution in [1.82, 2.24) is 0 Å². The van der Waals surface area contributed by atoms with E-state index in [0.29, 0.717) is 13.2 Å². The average molecular weight is 446 g/mol. The number of benzene rings is 1. The summed E-state index contributed by atoms with van der Waals surface area (Å²) < 4.78 is 35.1. The second-order valence-electron chi connectivity index (χ2n) is 8.89. The lowest BCUT2D eigenvalue weighted by atomic mass is 10.1. The number of hydrogen-bond donors (Lipinski definition) is 2. The number of anilines is 1. The van der Waals surface area contributed by atoms with Gasteiger partial charge in [-0.05, 0) is 43.1 Å². The molecular formula is C18H31N3O6SSi. The van der Waals surface area contributed by atoms with E-state index in [1.807, 2.05) is 0 Å². The first kappa shape index (κ1) is 23.7. The summed E-state index contributed by atoms with van der Waals surface area (Å²) in [5.41, 5.74) is -0.114. The Labute approximate surface area is 173 Å². The summed E-state index contributed by atoms with van der Waals surface area (Å²) in [6.45, 7) is 11.9. The van der Waals surface area contributed by atoms with E-state index in [4.69, 9.17) is 14.3 Å². The van der Waals surface area contributed by atoms with Gasteiger partial charge in [-0.2, -0.15) is 0 Å². The number of primary sulfonamides is 1. The highest BCUT2D eigenvalue weighted by Gasteiger charge is 2.40. The second-order valence-corrected chi connectivity index (χ2v) is 15.2. The molecule has 29 heavy (non-hydrogen) atoms. The summed E-state index contributed by atoms with van der Waals surface area (Å²) in [5, 5.41) is 19.5. The van der Waals surface area contributed by atoms with Crippen molar-refractivity contribution < 1.29 is 22.5 Å². The van der Waals surface area contributed by atoms with Crippen molar-refractivity contribution in [3.8, 4) is 0 Å². The van der Waals surface area contributed by atoms with Gasteiger partial charge in [-0.15, -0.1) is 0 Å². The lowest BCUT2D eigenvalue weighted by Crippen LogP contribution is -2.47. The minimum Gasteiger partial charge on any atom is -0.412 e. The van der Waals surface area contributed by atoms with E-state index in [2.05, 4.69) is 39.2 Å². The van der Waals surface area contributed by atoms with Crippen LogP contribution < -0.4 is 10.5 Å². The normalized spacial score (nSPS) is 21.0. The predicted octanol–water partition coefficient (Wildman–Crippen LogP) is 3.22. The Bertz CT molecular complexity index is 846. The fourth-order valence-electron chi connectivity index (χ4n) is 2.84. The molecule has 3 N–H and O–H groups in total. The largest absolute Gasteiger partial charge is 0.412 e. The minimum atomic E-state index is -4.01. The molecule has 1 aliphatic rings. The number of nitrogens with two attached hydrogens (primary N) is 1. The quantitative estimate of drug-likeness (QED) is 0.374. The van der Waals surface area contributed by atoms with Crippen molar-refractivity contribution in [2.24, 2.45) is 5.14 Å². The number of ether oxygens (including phenoxy) is 1. The molecule has 1 aromatic carbocycles. The minimum absolute atomic E-state index is 0.0653. The van der Waals surface area contributed by atoms with E-state index in [1.165, 1.54) is 12.1 Å². The van der Waals surface area contributed by atoms with E-state index >= 15 is 0 Å². The van der Waals surface area contributed by atoms with Crippen molar-refractivity contribution in [1.29, 1.82) is 0 Å². The summed E-state index contributed by atoms with van der Waals surface area (Å²) in [7, 11) is -5.87. The van der Waals surface area contributed by atoms with Gasteiger partial charge in [-0.3, -0.25) is 10.1 Å². The zero-order chi connectivity index (χ0) is 22.0. The highest BCUT2D eigenvalue weighted by atomic mass is 32.2. The maximum Gasteiger partial charge on any atom is 0.293 e. The molecule has 1 fully saturated rings. The third-order valence-electron chi connectivity index (χ3n) is 5.61. The van der Waals surface area contributed by atoms with Crippen LogP contribution in [0.4, 0.5) is 11.4 Å². The van der Waals surface area contributed by atoms with Gasteiger partial charge in [0.05, 0.1) is 28.6 Å². The van der Waals surface area contributed by atoms with Gasteiger partial charge in [-0.1, -0.05) is 20.8 Å². The first-order valence-corrected chi connectivity index (χ1v) is 14.0. The Morgan fingerprint density at radius 2 is 2.00 bits per heavy atom. The van der Waals surface area contributed by atoms with Crippen LogP contribution in [0.3, 0.4) is 0 Å². The maximum atomic E-state index is 11.4. The number of nitrogens with one attached hydrogen (secondary N) is 1. The number of nitro benzene ring substituents is 1. The van der Waals surface area contributed by atoms with Gasteiger partial charge in [-0.25, -0.2) is 13.6 Å². The smallest absolute Gasteiger partial charge is 0.293 e. The van der Waals surface area contributed by atoms with Crippen LogP contribution in [-0.2, 0) is 19.2 Å². The lowest BCUT2D eigenvalue weighted by Gasteiger charge is -2.41. The molecule has 2 rings (SSSR count). The first-order chi connectivity index (χ1) is 13.2. The van der Waals surface area contributed by atoms with Crippen molar-refractivity contribution in [3.05, 3.63) is 28.3 Å². The van der Waals surface area contributed by atoms with Crippen molar-refractivity contribution in [2.75, 3.05) is 18.5 Å². The van der Waals surface area contributed by atoms with Gasteiger partial charge in [0.1, 0.15) is 5.69 Å². The Balaban J connectivity index is 1.95. The summed E-state index contributed by atoms with van der Waals surface area (Å²) in [6.07, 6.45) is 1.60. The Hall–Kier alpha value is -1.53. The molecule has 2 atom stereocenters. The number of nitro groups is 1. The SMILES string of the molecule is CC(C)(C)[Si](C)(C)O[C@@H]1CC[C@@H](CNc2ccc(S(N)(=O)=O)cc2[N+](=O)[O-])OC1. The van der Waals surface area contributed by atoms with Gasteiger partial charge in [0.15, 0.2) is 8.32 Å². The monoisotopic (exact) mass is 445 g/mol. The van der Waals surface area contributed by atoms with E-state index in [1.54, 1.807) is 0 Å². The van der Waals surface area contributed by atoms with Crippen LogP contribution in [0.25, 0.3) is 0 Å². The van der Waals surface area contributed by atoms with E-state index in [9.17, 15) is 18.5 Å². The fraction of sp³-hybridized carbons (Fsp3) is 0.667. The van der Waals surface area contributed by atoms with Gasteiger partial charge >= 0.3 is 0 Å². The van der Waals surface area contributed by atoms with Crippen LogP contribution in [-0.4, -0.2) is 47.0 Å². The third kappa shape index (κ3) is 6.22. The van der Waals surface area contributed by atoms with Gasteiger partial charge in [0, 0.05) is 12.6 Å². The molecule has 1 saturated heterocycles. The van der Waals surface area contributed by atoms with Crippen LogP contribution in [0.2, 0.25) is 18.1 Å². The number of hydrogen-bond acceptors (Lipinski definition) is 7. The van der Waals surface area contributed by atoms with E-state index < -0.39 is 23.3 Å².